The Balaban J connectivity index is 1.98. The van der Waals surface area contributed by atoms with Crippen LogP contribution in [-0.2, 0) is 19.1 Å². The molecule has 1 aromatic rings. The molecular weight excluding hydrogens is 316 g/mol. The van der Waals surface area contributed by atoms with Crippen LogP contribution >= 0.6 is 0 Å². The largest absolute Gasteiger partial charge is 0.469 e. The van der Waals surface area contributed by atoms with Crippen LogP contribution in [0.3, 0.4) is 0 Å². The van der Waals surface area contributed by atoms with Crippen LogP contribution in [0.5, 0.6) is 0 Å². The van der Waals surface area contributed by atoms with Crippen LogP contribution in [0, 0.1) is 17.3 Å². The van der Waals surface area contributed by atoms with E-state index in [1.165, 1.54) is 12.7 Å². The molecule has 3 rings (SSSR count). The van der Waals surface area contributed by atoms with Gasteiger partial charge >= 0.3 is 11.9 Å². The summed E-state index contributed by atoms with van der Waals surface area (Å²) in [4.78, 5) is 25.1. The van der Waals surface area contributed by atoms with Gasteiger partial charge in [0.2, 0.25) is 0 Å². The molecule has 0 heterocycles. The van der Waals surface area contributed by atoms with E-state index < -0.39 is 17.4 Å². The molecule has 25 heavy (non-hydrogen) atoms. The fraction of sp³-hybridized carbons (Fsp3) is 0.524. The number of esters is 2. The molecule has 2 unspecified atom stereocenters. The highest BCUT2D eigenvalue weighted by Crippen LogP contribution is 2.63. The Morgan fingerprint density at radius 2 is 1.72 bits per heavy atom. The Morgan fingerprint density at radius 3 is 2.24 bits per heavy atom. The lowest BCUT2D eigenvalue weighted by molar-refractivity contribution is -0.167. The van der Waals surface area contributed by atoms with Crippen molar-refractivity contribution in [2.45, 2.75) is 45.6 Å². The van der Waals surface area contributed by atoms with E-state index in [0.29, 0.717) is 6.42 Å². The summed E-state index contributed by atoms with van der Waals surface area (Å²) < 4.78 is 10.6. The average Bonchev–Trinajstić information content (AvgIpc) is 3.33. The topological polar surface area (TPSA) is 52.6 Å². The van der Waals surface area contributed by atoms with Crippen LogP contribution in [0.2, 0.25) is 0 Å². The van der Waals surface area contributed by atoms with Gasteiger partial charge in [-0.15, -0.1) is 0 Å². The predicted octanol–water partition coefficient (Wildman–Crippen LogP) is 4.00. The summed E-state index contributed by atoms with van der Waals surface area (Å²) in [6.07, 6.45) is 4.68. The molecule has 0 aromatic heterocycles. The molecule has 4 heteroatoms. The highest BCUT2D eigenvalue weighted by Gasteiger charge is 2.54. The summed E-state index contributed by atoms with van der Waals surface area (Å²) >= 11 is 0. The lowest BCUT2D eigenvalue weighted by atomic mass is 9.71. The van der Waals surface area contributed by atoms with Crippen molar-refractivity contribution in [1.29, 1.82) is 0 Å². The Labute approximate surface area is 149 Å². The van der Waals surface area contributed by atoms with Crippen molar-refractivity contribution >= 4 is 17.5 Å². The number of carbonyl (C=O) groups is 2. The smallest absolute Gasteiger partial charge is 0.313 e. The SMILES string of the molecule is COC(=O)C1C=C(c2ccccc2)C2(CC2)CC1C(=O)OC(C)(C)C. The van der Waals surface area contributed by atoms with Gasteiger partial charge in [0.25, 0.3) is 0 Å². The molecule has 0 amide bonds. The molecule has 134 valence electrons. The maximum Gasteiger partial charge on any atom is 0.313 e. The van der Waals surface area contributed by atoms with Gasteiger partial charge in [-0.05, 0) is 56.6 Å². The van der Waals surface area contributed by atoms with Crippen LogP contribution in [0.25, 0.3) is 5.57 Å². The zero-order valence-electron chi connectivity index (χ0n) is 15.4. The van der Waals surface area contributed by atoms with E-state index in [4.69, 9.17) is 9.47 Å². The van der Waals surface area contributed by atoms with E-state index in [9.17, 15) is 9.59 Å². The molecule has 1 spiro atoms. The first-order chi connectivity index (χ1) is 11.8. The van der Waals surface area contributed by atoms with Gasteiger partial charge in [0, 0.05) is 0 Å². The number of ether oxygens (including phenoxy) is 2. The molecule has 2 atom stereocenters. The van der Waals surface area contributed by atoms with Gasteiger partial charge in [0.1, 0.15) is 5.60 Å². The van der Waals surface area contributed by atoms with E-state index in [2.05, 4.69) is 12.1 Å². The van der Waals surface area contributed by atoms with Crippen molar-refractivity contribution in [1.82, 2.24) is 0 Å². The van der Waals surface area contributed by atoms with Crippen molar-refractivity contribution in [3.05, 3.63) is 42.0 Å². The highest BCUT2D eigenvalue weighted by atomic mass is 16.6. The molecule has 2 aliphatic carbocycles. The quantitative estimate of drug-likeness (QED) is 0.779. The zero-order chi connectivity index (χ0) is 18.2. The highest BCUT2D eigenvalue weighted by molar-refractivity contribution is 5.89. The molecule has 0 aliphatic heterocycles. The maximum atomic E-state index is 12.7. The molecule has 1 aromatic carbocycles. The maximum absolute atomic E-state index is 12.7. The van der Waals surface area contributed by atoms with Crippen molar-refractivity contribution in [2.24, 2.45) is 17.3 Å². The third-order valence-corrected chi connectivity index (χ3v) is 5.08. The van der Waals surface area contributed by atoms with Crippen LogP contribution < -0.4 is 0 Å². The molecule has 0 bridgehead atoms. The van der Waals surface area contributed by atoms with Crippen LogP contribution in [0.4, 0.5) is 0 Å². The van der Waals surface area contributed by atoms with E-state index >= 15 is 0 Å². The van der Waals surface area contributed by atoms with E-state index in [1.54, 1.807) is 0 Å². The van der Waals surface area contributed by atoms with Gasteiger partial charge in [0.05, 0.1) is 18.9 Å². The standard InChI is InChI=1S/C21H26O4/c1-20(2,3)25-19(23)16-13-21(10-11-21)17(12-15(16)18(22)24-4)14-8-6-5-7-9-14/h5-9,12,15-16H,10-11,13H2,1-4H3. The molecule has 0 N–H and O–H groups in total. The van der Waals surface area contributed by atoms with Gasteiger partial charge in [0.15, 0.2) is 0 Å². The summed E-state index contributed by atoms with van der Waals surface area (Å²) in [5, 5.41) is 0. The normalized spacial score (nSPS) is 24.4. The lowest BCUT2D eigenvalue weighted by Gasteiger charge is -2.35. The van der Waals surface area contributed by atoms with E-state index in [-0.39, 0.29) is 17.4 Å². The third kappa shape index (κ3) is 3.63. The molecule has 4 nitrogen and oxygen atoms in total. The van der Waals surface area contributed by atoms with Crippen molar-refractivity contribution in [3.63, 3.8) is 0 Å². The number of allylic oxidation sites excluding steroid dienone is 1. The Hall–Kier alpha value is -2.10. The second-order valence-electron chi connectivity index (χ2n) is 8.12. The number of methoxy groups -OCH3 is 1. The fourth-order valence-electron chi connectivity index (χ4n) is 3.75. The minimum atomic E-state index is -0.596. The van der Waals surface area contributed by atoms with E-state index in [1.807, 2.05) is 45.0 Å². The first-order valence-electron chi connectivity index (χ1n) is 8.84. The molecule has 1 fully saturated rings. The monoisotopic (exact) mass is 342 g/mol. The minimum Gasteiger partial charge on any atom is -0.469 e. The number of carbonyl (C=O) groups excluding carboxylic acids is 2. The summed E-state index contributed by atoms with van der Waals surface area (Å²) in [5.41, 5.74) is 1.71. The first-order valence-corrected chi connectivity index (χ1v) is 8.84. The fourth-order valence-corrected chi connectivity index (χ4v) is 3.75. The van der Waals surface area contributed by atoms with E-state index in [0.717, 1.165) is 18.4 Å². The second-order valence-corrected chi connectivity index (χ2v) is 8.12. The van der Waals surface area contributed by atoms with Gasteiger partial charge in [-0.25, -0.2) is 0 Å². The van der Waals surface area contributed by atoms with Gasteiger partial charge in [-0.1, -0.05) is 36.4 Å². The Bertz CT molecular complexity index is 692. The van der Waals surface area contributed by atoms with Crippen molar-refractivity contribution < 1.29 is 19.1 Å². The molecule has 2 aliphatic rings. The van der Waals surface area contributed by atoms with Gasteiger partial charge < -0.3 is 9.47 Å². The Morgan fingerprint density at radius 1 is 1.08 bits per heavy atom. The average molecular weight is 342 g/mol. The molecule has 1 saturated carbocycles. The summed E-state index contributed by atoms with van der Waals surface area (Å²) in [6.45, 7) is 5.54. The lowest BCUT2D eigenvalue weighted by Crippen LogP contribution is -2.39. The summed E-state index contributed by atoms with van der Waals surface area (Å²) in [5.74, 6) is -1.76. The number of hydrogen-bond acceptors (Lipinski definition) is 4. The molecule has 0 saturated heterocycles. The number of hydrogen-bond donors (Lipinski definition) is 0. The summed E-state index contributed by atoms with van der Waals surface area (Å²) in [6, 6.07) is 10.1. The second kappa shape index (κ2) is 6.32. The Kier molecular flexibility index (Phi) is 4.48. The molecular formula is C21H26O4. The summed E-state index contributed by atoms with van der Waals surface area (Å²) in [7, 11) is 1.37. The number of rotatable bonds is 3. The van der Waals surface area contributed by atoms with Crippen LogP contribution in [0.1, 0.15) is 45.6 Å². The van der Waals surface area contributed by atoms with Gasteiger partial charge in [-0.3, -0.25) is 9.59 Å². The van der Waals surface area contributed by atoms with Crippen LogP contribution in [-0.4, -0.2) is 24.6 Å². The van der Waals surface area contributed by atoms with Crippen molar-refractivity contribution in [2.75, 3.05) is 7.11 Å². The third-order valence-electron chi connectivity index (χ3n) is 5.08. The molecule has 0 radical (unpaired) electrons. The van der Waals surface area contributed by atoms with Crippen LogP contribution in [0.15, 0.2) is 36.4 Å². The number of benzene rings is 1. The predicted molar refractivity (Wildman–Crippen MR) is 95.5 cm³/mol. The first kappa shape index (κ1) is 17.7. The minimum absolute atomic E-state index is 0.00650. The zero-order valence-corrected chi connectivity index (χ0v) is 15.4. The van der Waals surface area contributed by atoms with Crippen molar-refractivity contribution in [3.8, 4) is 0 Å². The van der Waals surface area contributed by atoms with Gasteiger partial charge in [-0.2, -0.15) is 0 Å².